The van der Waals surface area contributed by atoms with Gasteiger partial charge >= 0.3 is 0 Å². The van der Waals surface area contributed by atoms with Gasteiger partial charge in [0, 0.05) is 12.1 Å². The molecule has 0 radical (unpaired) electrons. The molecule has 0 bridgehead atoms. The molecule has 1 saturated heterocycles. The summed E-state index contributed by atoms with van der Waals surface area (Å²) >= 11 is 0. The number of aryl methyl sites for hydroxylation is 1. The highest BCUT2D eigenvalue weighted by atomic mass is 35.5. The largest absolute Gasteiger partial charge is 0.507 e. The molecule has 1 atom stereocenters. The Morgan fingerprint density at radius 3 is 2.93 bits per heavy atom. The van der Waals surface area contributed by atoms with Crippen LogP contribution in [0.25, 0.3) is 0 Å². The number of morpholine rings is 1. The summed E-state index contributed by atoms with van der Waals surface area (Å²) in [6.07, 6.45) is 0. The fourth-order valence-corrected chi connectivity index (χ4v) is 1.73. The van der Waals surface area contributed by atoms with Crippen LogP contribution in [0.15, 0.2) is 18.2 Å². The number of rotatable bonds is 1. The minimum absolute atomic E-state index is 0. The molecule has 2 N–H and O–H groups in total. The smallest absolute Gasteiger partial charge is 0.123 e. The molecular formula is C11H16ClNO2. The quantitative estimate of drug-likeness (QED) is 0.772. The molecule has 0 spiro atoms. The maximum absolute atomic E-state index is 9.85. The van der Waals surface area contributed by atoms with Crippen LogP contribution < -0.4 is 5.32 Å². The topological polar surface area (TPSA) is 41.5 Å². The zero-order chi connectivity index (χ0) is 9.97. The highest BCUT2D eigenvalue weighted by molar-refractivity contribution is 5.85. The molecule has 0 unspecified atom stereocenters. The number of aromatic hydroxyl groups is 1. The first-order valence-electron chi connectivity index (χ1n) is 4.88. The van der Waals surface area contributed by atoms with Crippen LogP contribution in [0, 0.1) is 6.92 Å². The predicted molar refractivity (Wildman–Crippen MR) is 61.7 cm³/mol. The van der Waals surface area contributed by atoms with Crippen LogP contribution >= 0.6 is 12.4 Å². The predicted octanol–water partition coefficient (Wildman–Crippen LogP) is 1.78. The Kier molecular flexibility index (Phi) is 4.39. The average molecular weight is 230 g/mol. The van der Waals surface area contributed by atoms with Crippen LogP contribution in [0.1, 0.15) is 17.2 Å². The van der Waals surface area contributed by atoms with E-state index in [1.165, 1.54) is 0 Å². The molecule has 2 rings (SSSR count). The zero-order valence-electron chi connectivity index (χ0n) is 8.69. The number of phenols is 1. The van der Waals surface area contributed by atoms with E-state index in [-0.39, 0.29) is 18.4 Å². The lowest BCUT2D eigenvalue weighted by Gasteiger charge is -2.25. The third kappa shape index (κ3) is 2.62. The van der Waals surface area contributed by atoms with E-state index < -0.39 is 0 Å². The Morgan fingerprint density at radius 2 is 2.27 bits per heavy atom. The van der Waals surface area contributed by atoms with Crippen LogP contribution in [0.3, 0.4) is 0 Å². The molecule has 3 nitrogen and oxygen atoms in total. The molecule has 1 fully saturated rings. The van der Waals surface area contributed by atoms with Crippen LogP contribution in [-0.2, 0) is 4.74 Å². The normalized spacial score (nSPS) is 20.7. The van der Waals surface area contributed by atoms with Crippen molar-refractivity contribution in [1.29, 1.82) is 0 Å². The second-order valence-corrected chi connectivity index (χ2v) is 3.59. The summed E-state index contributed by atoms with van der Waals surface area (Å²) in [7, 11) is 0. The van der Waals surface area contributed by atoms with E-state index in [1.54, 1.807) is 0 Å². The van der Waals surface area contributed by atoms with E-state index in [9.17, 15) is 5.11 Å². The number of para-hydroxylation sites is 1. The van der Waals surface area contributed by atoms with Gasteiger partial charge in [0.05, 0.1) is 19.3 Å². The Balaban J connectivity index is 0.00000112. The van der Waals surface area contributed by atoms with Crippen molar-refractivity contribution in [2.75, 3.05) is 19.8 Å². The summed E-state index contributed by atoms with van der Waals surface area (Å²) in [5.74, 6) is 0.385. The van der Waals surface area contributed by atoms with Crippen molar-refractivity contribution in [2.24, 2.45) is 0 Å². The summed E-state index contributed by atoms with van der Waals surface area (Å²) in [5, 5.41) is 13.2. The second kappa shape index (κ2) is 5.35. The van der Waals surface area contributed by atoms with Gasteiger partial charge in [-0.25, -0.2) is 0 Å². The van der Waals surface area contributed by atoms with Gasteiger partial charge in [0.25, 0.3) is 0 Å². The van der Waals surface area contributed by atoms with Crippen molar-refractivity contribution in [3.63, 3.8) is 0 Å². The molecule has 0 aromatic heterocycles. The van der Waals surface area contributed by atoms with E-state index in [0.29, 0.717) is 12.4 Å². The number of hydrogen-bond acceptors (Lipinski definition) is 3. The lowest BCUT2D eigenvalue weighted by Crippen LogP contribution is -2.34. The van der Waals surface area contributed by atoms with Gasteiger partial charge in [0.15, 0.2) is 0 Å². The Hall–Kier alpha value is -0.770. The van der Waals surface area contributed by atoms with Crippen molar-refractivity contribution >= 4 is 12.4 Å². The maximum Gasteiger partial charge on any atom is 0.123 e. The number of phenolic OH excluding ortho intramolecular Hbond substituents is 1. The maximum atomic E-state index is 9.85. The number of hydrogen-bond donors (Lipinski definition) is 2. The number of nitrogens with one attached hydrogen (secondary N) is 1. The second-order valence-electron chi connectivity index (χ2n) is 3.59. The standard InChI is InChI=1S/C11H15NO2.ClH/c1-8-3-2-4-9(11(8)13)10-7-14-6-5-12-10;/h2-4,10,12-13H,5-7H2,1H3;1H/t10-;/m0./s1. The number of benzene rings is 1. The highest BCUT2D eigenvalue weighted by Crippen LogP contribution is 2.28. The minimum atomic E-state index is 0. The van der Waals surface area contributed by atoms with Crippen molar-refractivity contribution < 1.29 is 9.84 Å². The molecule has 15 heavy (non-hydrogen) atoms. The van der Waals surface area contributed by atoms with Gasteiger partial charge in [0.2, 0.25) is 0 Å². The molecule has 1 aliphatic rings. The average Bonchev–Trinajstić information content (AvgIpc) is 2.23. The molecular weight excluding hydrogens is 214 g/mol. The van der Waals surface area contributed by atoms with Gasteiger partial charge < -0.3 is 15.2 Å². The monoisotopic (exact) mass is 229 g/mol. The fraction of sp³-hybridized carbons (Fsp3) is 0.455. The van der Waals surface area contributed by atoms with E-state index in [1.807, 2.05) is 25.1 Å². The lowest BCUT2D eigenvalue weighted by molar-refractivity contribution is 0.0760. The first-order valence-corrected chi connectivity index (χ1v) is 4.88. The minimum Gasteiger partial charge on any atom is -0.507 e. The van der Waals surface area contributed by atoms with E-state index in [2.05, 4.69) is 5.32 Å². The van der Waals surface area contributed by atoms with E-state index in [0.717, 1.165) is 24.3 Å². The molecule has 84 valence electrons. The van der Waals surface area contributed by atoms with Gasteiger partial charge in [-0.15, -0.1) is 12.4 Å². The summed E-state index contributed by atoms with van der Waals surface area (Å²) in [5.41, 5.74) is 1.85. The van der Waals surface area contributed by atoms with Crippen LogP contribution in [-0.4, -0.2) is 24.9 Å². The molecule has 1 aliphatic heterocycles. The number of halogens is 1. The summed E-state index contributed by atoms with van der Waals surface area (Å²) in [6.45, 7) is 4.14. The van der Waals surface area contributed by atoms with Gasteiger partial charge in [-0.05, 0) is 12.5 Å². The molecule has 4 heteroatoms. The summed E-state index contributed by atoms with van der Waals surface area (Å²) in [4.78, 5) is 0. The summed E-state index contributed by atoms with van der Waals surface area (Å²) in [6, 6.07) is 5.93. The lowest BCUT2D eigenvalue weighted by atomic mass is 10.0. The van der Waals surface area contributed by atoms with Gasteiger partial charge in [-0.2, -0.15) is 0 Å². The third-order valence-corrected chi connectivity index (χ3v) is 2.57. The van der Waals surface area contributed by atoms with Crippen LogP contribution in [0.4, 0.5) is 0 Å². The van der Waals surface area contributed by atoms with Crippen LogP contribution in [0.2, 0.25) is 0 Å². The SMILES string of the molecule is Cc1cccc([C@@H]2COCCN2)c1O.Cl. The first kappa shape index (κ1) is 12.3. The Bertz CT molecular complexity index is 324. The Labute approximate surface area is 95.9 Å². The van der Waals surface area contributed by atoms with Gasteiger partial charge in [0.1, 0.15) is 5.75 Å². The van der Waals surface area contributed by atoms with E-state index in [4.69, 9.17) is 4.74 Å². The highest BCUT2D eigenvalue weighted by Gasteiger charge is 2.18. The van der Waals surface area contributed by atoms with E-state index >= 15 is 0 Å². The number of ether oxygens (including phenoxy) is 1. The van der Waals surface area contributed by atoms with Crippen molar-refractivity contribution in [1.82, 2.24) is 5.32 Å². The molecule has 0 aliphatic carbocycles. The zero-order valence-corrected chi connectivity index (χ0v) is 9.51. The van der Waals surface area contributed by atoms with Gasteiger partial charge in [-0.3, -0.25) is 0 Å². The molecule has 1 aromatic carbocycles. The van der Waals surface area contributed by atoms with Crippen molar-refractivity contribution in [2.45, 2.75) is 13.0 Å². The molecule has 0 amide bonds. The third-order valence-electron chi connectivity index (χ3n) is 2.57. The fourth-order valence-electron chi connectivity index (χ4n) is 1.73. The Morgan fingerprint density at radius 1 is 1.47 bits per heavy atom. The first-order chi connectivity index (χ1) is 6.79. The molecule has 1 aromatic rings. The van der Waals surface area contributed by atoms with Crippen molar-refractivity contribution in [3.05, 3.63) is 29.3 Å². The van der Waals surface area contributed by atoms with Gasteiger partial charge in [-0.1, -0.05) is 18.2 Å². The summed E-state index contributed by atoms with van der Waals surface area (Å²) < 4.78 is 5.36. The van der Waals surface area contributed by atoms with Crippen LogP contribution in [0.5, 0.6) is 5.75 Å². The molecule has 1 heterocycles. The van der Waals surface area contributed by atoms with Crippen molar-refractivity contribution in [3.8, 4) is 5.75 Å². The molecule has 0 saturated carbocycles.